The van der Waals surface area contributed by atoms with Gasteiger partial charge in [-0.1, -0.05) is 44.2 Å². The van der Waals surface area contributed by atoms with Crippen LogP contribution in [0.1, 0.15) is 45.1 Å². The molecule has 0 radical (unpaired) electrons. The first-order chi connectivity index (χ1) is 10.1. The maximum atomic E-state index is 12.9. The summed E-state index contributed by atoms with van der Waals surface area (Å²) in [6, 6.07) is 11.3. The van der Waals surface area contributed by atoms with Crippen LogP contribution in [0.2, 0.25) is 0 Å². The summed E-state index contributed by atoms with van der Waals surface area (Å²) in [6.45, 7) is 6.37. The first-order valence-corrected chi connectivity index (χ1v) is 8.15. The average Bonchev–Trinajstić information content (AvgIpc) is 2.73. The summed E-state index contributed by atoms with van der Waals surface area (Å²) in [4.78, 5) is 15.1. The van der Waals surface area contributed by atoms with Crippen LogP contribution in [0.5, 0.6) is 0 Å². The third-order valence-electron chi connectivity index (χ3n) is 5.09. The van der Waals surface area contributed by atoms with Crippen LogP contribution in [-0.4, -0.2) is 36.0 Å². The van der Waals surface area contributed by atoms with E-state index in [9.17, 15) is 4.79 Å². The number of nitrogens with zero attached hydrogens (tertiary/aromatic N) is 1. The van der Waals surface area contributed by atoms with Crippen LogP contribution in [0, 0.1) is 0 Å². The minimum absolute atomic E-state index is 0. The molecule has 122 valence electrons. The van der Waals surface area contributed by atoms with Gasteiger partial charge in [0.2, 0.25) is 5.91 Å². The quantitative estimate of drug-likeness (QED) is 0.927. The molecule has 0 spiro atoms. The van der Waals surface area contributed by atoms with Gasteiger partial charge in [0, 0.05) is 25.0 Å². The van der Waals surface area contributed by atoms with Gasteiger partial charge in [-0.2, -0.15) is 0 Å². The summed E-state index contributed by atoms with van der Waals surface area (Å²) in [7, 11) is 0. The molecule has 2 aliphatic rings. The van der Waals surface area contributed by atoms with Crippen LogP contribution >= 0.6 is 12.4 Å². The average molecular weight is 323 g/mol. The van der Waals surface area contributed by atoms with Crippen molar-refractivity contribution >= 4 is 18.3 Å². The van der Waals surface area contributed by atoms with Crippen LogP contribution < -0.4 is 5.32 Å². The Kier molecular flexibility index (Phi) is 5.51. The smallest absolute Gasteiger partial charge is 0.223 e. The predicted octanol–water partition coefficient (Wildman–Crippen LogP) is 3.13. The minimum atomic E-state index is -0.0997. The molecular weight excluding hydrogens is 296 g/mol. The van der Waals surface area contributed by atoms with E-state index in [1.54, 1.807) is 0 Å². The van der Waals surface area contributed by atoms with Gasteiger partial charge in [-0.05, 0) is 36.8 Å². The second kappa shape index (κ2) is 7.01. The van der Waals surface area contributed by atoms with Crippen molar-refractivity contribution in [3.63, 3.8) is 0 Å². The molecule has 1 aromatic rings. The molecule has 2 unspecified atom stereocenters. The van der Waals surface area contributed by atoms with Gasteiger partial charge in [-0.25, -0.2) is 0 Å². The van der Waals surface area contributed by atoms with E-state index >= 15 is 0 Å². The lowest BCUT2D eigenvalue weighted by Crippen LogP contribution is -2.44. The lowest BCUT2D eigenvalue weighted by Gasteiger charge is -2.32. The van der Waals surface area contributed by atoms with Crippen molar-refractivity contribution in [3.8, 4) is 0 Å². The molecule has 1 N–H and O–H groups in total. The van der Waals surface area contributed by atoms with Crippen LogP contribution in [0.4, 0.5) is 0 Å². The topological polar surface area (TPSA) is 32.3 Å². The minimum Gasteiger partial charge on any atom is -0.335 e. The summed E-state index contributed by atoms with van der Waals surface area (Å²) in [5.74, 6) is 0.333. The van der Waals surface area contributed by atoms with Crippen LogP contribution in [-0.2, 0) is 10.2 Å². The molecular formula is C18H27ClN2O. The van der Waals surface area contributed by atoms with E-state index in [1.807, 2.05) is 6.07 Å². The Hall–Kier alpha value is -1.06. The number of carbonyl (C=O) groups is 1. The molecule has 3 nitrogen and oxygen atoms in total. The molecule has 0 saturated carbocycles. The molecule has 1 aromatic carbocycles. The number of hydrogen-bond donors (Lipinski definition) is 1. The third kappa shape index (κ3) is 3.47. The van der Waals surface area contributed by atoms with Crippen molar-refractivity contribution in [2.24, 2.45) is 0 Å². The number of rotatable bonds is 3. The number of nitrogens with one attached hydrogen (secondary N) is 1. The number of halogens is 1. The van der Waals surface area contributed by atoms with Crippen molar-refractivity contribution < 1.29 is 4.79 Å². The standard InChI is InChI=1S/C18H26N2O.ClH/c1-18(2,14-6-4-3-5-7-14)12-17(21)20-15-8-9-16(20)13-19-11-10-15;/h3-7,15-16,19H,8-13H2,1-2H3;1H. The fourth-order valence-electron chi connectivity index (χ4n) is 3.85. The lowest BCUT2D eigenvalue weighted by molar-refractivity contribution is -0.134. The Morgan fingerprint density at radius 3 is 2.59 bits per heavy atom. The monoisotopic (exact) mass is 322 g/mol. The fourth-order valence-corrected chi connectivity index (χ4v) is 3.85. The van der Waals surface area contributed by atoms with Gasteiger partial charge < -0.3 is 10.2 Å². The summed E-state index contributed by atoms with van der Waals surface area (Å²) in [5, 5.41) is 3.46. The van der Waals surface area contributed by atoms with Gasteiger partial charge in [-0.15, -0.1) is 12.4 Å². The normalized spacial score (nSPS) is 24.5. The van der Waals surface area contributed by atoms with Crippen LogP contribution in [0.25, 0.3) is 0 Å². The second-order valence-corrected chi connectivity index (χ2v) is 7.11. The highest BCUT2D eigenvalue weighted by Crippen LogP contribution is 2.33. The number of benzene rings is 1. The molecule has 2 bridgehead atoms. The Morgan fingerprint density at radius 1 is 1.18 bits per heavy atom. The lowest BCUT2D eigenvalue weighted by atomic mass is 9.81. The SMILES string of the molecule is CC(C)(CC(=O)N1C2CCNCC1CC2)c1ccccc1.Cl. The highest BCUT2D eigenvalue weighted by molar-refractivity contribution is 5.85. The zero-order chi connectivity index (χ0) is 14.9. The molecule has 22 heavy (non-hydrogen) atoms. The van der Waals surface area contributed by atoms with Gasteiger partial charge in [-0.3, -0.25) is 4.79 Å². The van der Waals surface area contributed by atoms with E-state index in [2.05, 4.69) is 48.3 Å². The molecule has 0 aliphatic carbocycles. The van der Waals surface area contributed by atoms with Crippen molar-refractivity contribution in [1.29, 1.82) is 0 Å². The Bertz CT molecular complexity index is 489. The maximum absolute atomic E-state index is 12.9. The Balaban J connectivity index is 0.00000176. The molecule has 1 amide bonds. The maximum Gasteiger partial charge on any atom is 0.223 e. The van der Waals surface area contributed by atoms with E-state index in [0.29, 0.717) is 24.4 Å². The highest BCUT2D eigenvalue weighted by Gasteiger charge is 2.39. The molecule has 2 atom stereocenters. The molecule has 2 heterocycles. The second-order valence-electron chi connectivity index (χ2n) is 7.11. The van der Waals surface area contributed by atoms with E-state index < -0.39 is 0 Å². The Labute approximate surface area is 139 Å². The van der Waals surface area contributed by atoms with Gasteiger partial charge >= 0.3 is 0 Å². The van der Waals surface area contributed by atoms with Crippen molar-refractivity contribution in [2.75, 3.05) is 13.1 Å². The van der Waals surface area contributed by atoms with Gasteiger partial charge in [0.15, 0.2) is 0 Å². The van der Waals surface area contributed by atoms with Gasteiger partial charge in [0.05, 0.1) is 0 Å². The molecule has 2 aliphatic heterocycles. The number of hydrogen-bond acceptors (Lipinski definition) is 2. The van der Waals surface area contributed by atoms with Crippen LogP contribution in [0.15, 0.2) is 30.3 Å². The molecule has 2 saturated heterocycles. The fraction of sp³-hybridized carbons (Fsp3) is 0.611. The summed E-state index contributed by atoms with van der Waals surface area (Å²) in [5.41, 5.74) is 1.15. The highest BCUT2D eigenvalue weighted by atomic mass is 35.5. The first-order valence-electron chi connectivity index (χ1n) is 8.15. The Morgan fingerprint density at radius 2 is 1.86 bits per heavy atom. The third-order valence-corrected chi connectivity index (χ3v) is 5.09. The first kappa shape index (κ1) is 17.3. The predicted molar refractivity (Wildman–Crippen MR) is 92.5 cm³/mol. The van der Waals surface area contributed by atoms with E-state index in [1.165, 1.54) is 12.0 Å². The number of amides is 1. The van der Waals surface area contributed by atoms with E-state index in [4.69, 9.17) is 0 Å². The molecule has 2 fully saturated rings. The summed E-state index contributed by atoms with van der Waals surface area (Å²) in [6.07, 6.45) is 4.05. The van der Waals surface area contributed by atoms with Crippen molar-refractivity contribution in [1.82, 2.24) is 10.2 Å². The zero-order valence-electron chi connectivity index (χ0n) is 13.5. The van der Waals surface area contributed by atoms with Crippen LogP contribution in [0.3, 0.4) is 0 Å². The van der Waals surface area contributed by atoms with Gasteiger partial charge in [0.25, 0.3) is 0 Å². The zero-order valence-corrected chi connectivity index (χ0v) is 14.4. The largest absolute Gasteiger partial charge is 0.335 e. The number of carbonyl (C=O) groups excluding carboxylic acids is 1. The molecule has 4 heteroatoms. The van der Waals surface area contributed by atoms with Crippen molar-refractivity contribution in [2.45, 2.75) is 57.0 Å². The summed E-state index contributed by atoms with van der Waals surface area (Å²) >= 11 is 0. The van der Waals surface area contributed by atoms with E-state index in [-0.39, 0.29) is 17.8 Å². The molecule has 3 rings (SSSR count). The summed E-state index contributed by atoms with van der Waals surface area (Å²) < 4.78 is 0. The van der Waals surface area contributed by atoms with Gasteiger partial charge in [0.1, 0.15) is 0 Å². The number of fused-ring (bicyclic) bond motifs is 2. The molecule has 0 aromatic heterocycles. The van der Waals surface area contributed by atoms with Crippen molar-refractivity contribution in [3.05, 3.63) is 35.9 Å². The van der Waals surface area contributed by atoms with E-state index in [0.717, 1.165) is 25.9 Å².